The predicted molar refractivity (Wildman–Crippen MR) is 94.0 cm³/mol. The van der Waals surface area contributed by atoms with Gasteiger partial charge in [0, 0.05) is 38.2 Å². The molecule has 26 heavy (non-hydrogen) atoms. The van der Waals surface area contributed by atoms with E-state index in [0.29, 0.717) is 43.2 Å². The number of fused-ring (bicyclic) bond motifs is 1. The fourth-order valence-corrected chi connectivity index (χ4v) is 3.27. The molecule has 1 aromatic heterocycles. The van der Waals surface area contributed by atoms with Crippen LogP contribution in [0.3, 0.4) is 0 Å². The van der Waals surface area contributed by atoms with E-state index in [2.05, 4.69) is 9.88 Å². The molecule has 0 bridgehead atoms. The fourth-order valence-electron chi connectivity index (χ4n) is 3.27. The van der Waals surface area contributed by atoms with Crippen molar-refractivity contribution in [2.24, 2.45) is 0 Å². The number of pyridine rings is 1. The lowest BCUT2D eigenvalue weighted by Crippen LogP contribution is -2.53. The van der Waals surface area contributed by atoms with Crippen LogP contribution in [0.4, 0.5) is 5.82 Å². The Morgan fingerprint density at radius 3 is 2.65 bits per heavy atom. The summed E-state index contributed by atoms with van der Waals surface area (Å²) in [6.07, 6.45) is 2.55. The third-order valence-electron chi connectivity index (χ3n) is 4.84. The van der Waals surface area contributed by atoms with Crippen molar-refractivity contribution in [2.45, 2.75) is 25.4 Å². The molecule has 0 saturated carbocycles. The monoisotopic (exact) mass is 356 g/mol. The molecule has 2 aliphatic heterocycles. The number of carboxylic acids is 1. The average molecular weight is 356 g/mol. The second kappa shape index (κ2) is 6.40. The van der Waals surface area contributed by atoms with Crippen molar-refractivity contribution < 1.29 is 24.1 Å². The Balaban J connectivity index is 1.50. The number of aryl methyl sites for hydroxylation is 1. The summed E-state index contributed by atoms with van der Waals surface area (Å²) in [5.41, 5.74) is -0.161. The van der Waals surface area contributed by atoms with Crippen LogP contribution < -0.4 is 19.1 Å². The van der Waals surface area contributed by atoms with Crippen LogP contribution in [0.15, 0.2) is 36.5 Å². The molecule has 0 amide bonds. The van der Waals surface area contributed by atoms with E-state index in [4.69, 9.17) is 14.2 Å². The molecule has 7 heteroatoms. The second-order valence-corrected chi connectivity index (χ2v) is 6.60. The Labute approximate surface area is 151 Å². The molecule has 136 valence electrons. The Kier molecular flexibility index (Phi) is 4.06. The minimum Gasteiger partial charge on any atom is -0.478 e. The predicted octanol–water partition coefficient (Wildman–Crippen LogP) is 2.62. The van der Waals surface area contributed by atoms with E-state index in [0.717, 1.165) is 11.4 Å². The van der Waals surface area contributed by atoms with E-state index in [-0.39, 0.29) is 6.79 Å². The van der Waals surface area contributed by atoms with E-state index in [1.54, 1.807) is 18.2 Å². The van der Waals surface area contributed by atoms with Gasteiger partial charge in [0.15, 0.2) is 11.5 Å². The number of anilines is 1. The number of ether oxygens (including phenoxy) is 3. The fraction of sp³-hybridized carbons (Fsp3) is 0.368. The Bertz CT molecular complexity index is 813. The highest BCUT2D eigenvalue weighted by atomic mass is 16.7. The van der Waals surface area contributed by atoms with Crippen molar-refractivity contribution in [2.75, 3.05) is 24.8 Å². The zero-order valence-corrected chi connectivity index (χ0v) is 14.5. The van der Waals surface area contributed by atoms with Crippen molar-refractivity contribution >= 4 is 11.8 Å². The van der Waals surface area contributed by atoms with Crippen molar-refractivity contribution in [1.82, 2.24) is 4.98 Å². The van der Waals surface area contributed by atoms with Crippen molar-refractivity contribution in [3.8, 4) is 17.2 Å². The highest BCUT2D eigenvalue weighted by molar-refractivity contribution is 5.78. The van der Waals surface area contributed by atoms with Gasteiger partial charge in [-0.05, 0) is 30.7 Å². The molecule has 0 atom stereocenters. The summed E-state index contributed by atoms with van der Waals surface area (Å²) in [5.74, 6) is 1.59. The van der Waals surface area contributed by atoms with Crippen LogP contribution in [-0.2, 0) is 4.79 Å². The van der Waals surface area contributed by atoms with Gasteiger partial charge in [-0.2, -0.15) is 0 Å². The number of piperidine rings is 1. The summed E-state index contributed by atoms with van der Waals surface area (Å²) in [4.78, 5) is 18.5. The van der Waals surface area contributed by atoms with Gasteiger partial charge in [-0.15, -0.1) is 0 Å². The number of carboxylic acid groups (broad SMARTS) is 1. The molecule has 0 spiro atoms. The number of aliphatic carboxylic acids is 1. The lowest BCUT2D eigenvalue weighted by atomic mass is 9.91. The van der Waals surface area contributed by atoms with Gasteiger partial charge in [0.25, 0.3) is 0 Å². The van der Waals surface area contributed by atoms with E-state index >= 15 is 0 Å². The zero-order valence-electron chi connectivity index (χ0n) is 14.5. The number of hydrogen-bond donors (Lipinski definition) is 1. The van der Waals surface area contributed by atoms with Crippen LogP contribution in [-0.4, -0.2) is 41.5 Å². The van der Waals surface area contributed by atoms with Crippen molar-refractivity contribution in [3.63, 3.8) is 0 Å². The van der Waals surface area contributed by atoms with E-state index in [1.165, 1.54) is 0 Å². The van der Waals surface area contributed by atoms with Crippen LogP contribution in [0.25, 0.3) is 0 Å². The van der Waals surface area contributed by atoms with Gasteiger partial charge >= 0.3 is 5.97 Å². The number of rotatable bonds is 4. The molecular formula is C19H20N2O5. The maximum Gasteiger partial charge on any atom is 0.348 e. The summed E-state index contributed by atoms with van der Waals surface area (Å²) in [6.45, 7) is 3.28. The first-order chi connectivity index (χ1) is 12.6. The molecular weight excluding hydrogens is 336 g/mol. The smallest absolute Gasteiger partial charge is 0.348 e. The van der Waals surface area contributed by atoms with Crippen molar-refractivity contribution in [3.05, 3.63) is 42.1 Å². The first kappa shape index (κ1) is 16.5. The first-order valence-electron chi connectivity index (χ1n) is 8.55. The van der Waals surface area contributed by atoms with Gasteiger partial charge in [0.1, 0.15) is 11.6 Å². The summed E-state index contributed by atoms with van der Waals surface area (Å²) < 4.78 is 16.6. The van der Waals surface area contributed by atoms with Gasteiger partial charge in [-0.1, -0.05) is 6.07 Å². The van der Waals surface area contributed by atoms with Crippen LogP contribution >= 0.6 is 0 Å². The second-order valence-electron chi connectivity index (χ2n) is 6.60. The molecule has 1 N–H and O–H groups in total. The van der Waals surface area contributed by atoms with Crippen LogP contribution in [0.1, 0.15) is 18.4 Å². The number of carbonyl (C=O) groups is 1. The summed E-state index contributed by atoms with van der Waals surface area (Å²) >= 11 is 0. The van der Waals surface area contributed by atoms with Crippen LogP contribution in [0.2, 0.25) is 0 Å². The quantitative estimate of drug-likeness (QED) is 0.902. The highest BCUT2D eigenvalue weighted by Crippen LogP contribution is 2.38. The largest absolute Gasteiger partial charge is 0.478 e. The lowest BCUT2D eigenvalue weighted by Gasteiger charge is -2.39. The molecule has 2 aromatic rings. The number of nitrogens with zero attached hydrogens (tertiary/aromatic N) is 2. The normalized spacial score (nSPS) is 17.8. The zero-order chi connectivity index (χ0) is 18.1. The minimum atomic E-state index is -1.26. The van der Waals surface area contributed by atoms with Gasteiger partial charge in [0.2, 0.25) is 12.4 Å². The molecule has 0 radical (unpaired) electrons. The van der Waals surface area contributed by atoms with Gasteiger partial charge in [0.05, 0.1) is 0 Å². The molecule has 7 nitrogen and oxygen atoms in total. The SMILES string of the molecule is Cc1ccc(N2CCC(Oc3ccc4c(c3)OCO4)(C(=O)O)CC2)nc1. The third-order valence-corrected chi connectivity index (χ3v) is 4.84. The Hall–Kier alpha value is -2.96. The molecule has 2 aliphatic rings. The number of hydrogen-bond acceptors (Lipinski definition) is 6. The first-order valence-corrected chi connectivity index (χ1v) is 8.55. The van der Waals surface area contributed by atoms with Crippen LogP contribution in [0, 0.1) is 6.92 Å². The van der Waals surface area contributed by atoms with E-state index < -0.39 is 11.6 Å². The number of aromatic nitrogens is 1. The maximum atomic E-state index is 12.0. The van der Waals surface area contributed by atoms with Crippen LogP contribution in [0.5, 0.6) is 17.2 Å². The molecule has 0 unspecified atom stereocenters. The molecule has 1 saturated heterocycles. The average Bonchev–Trinajstić information content (AvgIpc) is 3.11. The summed E-state index contributed by atoms with van der Waals surface area (Å²) in [7, 11) is 0. The van der Waals surface area contributed by atoms with Gasteiger partial charge < -0.3 is 24.2 Å². The standard InChI is InChI=1S/C19H20N2O5/c1-13-2-5-17(20-11-13)21-8-6-19(7-9-21,18(22)23)26-14-3-4-15-16(10-14)25-12-24-15/h2-5,10-11H,6-9,12H2,1H3,(H,22,23). The summed E-state index contributed by atoms with van der Waals surface area (Å²) in [6, 6.07) is 9.10. The minimum absolute atomic E-state index is 0.168. The van der Waals surface area contributed by atoms with E-state index in [1.807, 2.05) is 25.3 Å². The molecule has 1 aromatic carbocycles. The molecule has 0 aliphatic carbocycles. The lowest BCUT2D eigenvalue weighted by molar-refractivity contribution is -0.157. The molecule has 1 fully saturated rings. The maximum absolute atomic E-state index is 12.0. The van der Waals surface area contributed by atoms with E-state index in [9.17, 15) is 9.90 Å². The van der Waals surface area contributed by atoms with Gasteiger partial charge in [-0.25, -0.2) is 9.78 Å². The van der Waals surface area contributed by atoms with Crippen molar-refractivity contribution in [1.29, 1.82) is 0 Å². The third kappa shape index (κ3) is 3.00. The van der Waals surface area contributed by atoms with Gasteiger partial charge in [-0.3, -0.25) is 0 Å². The topological polar surface area (TPSA) is 81.1 Å². The molecule has 4 rings (SSSR count). The highest BCUT2D eigenvalue weighted by Gasteiger charge is 2.44. The Morgan fingerprint density at radius 2 is 1.96 bits per heavy atom. The Morgan fingerprint density at radius 1 is 1.19 bits per heavy atom. The number of benzene rings is 1. The summed E-state index contributed by atoms with van der Waals surface area (Å²) in [5, 5.41) is 9.82. The molecule has 3 heterocycles.